The molecule has 6 heteroatoms. The number of benzene rings is 1. The van der Waals surface area contributed by atoms with Crippen molar-refractivity contribution in [3.05, 3.63) is 29.3 Å². The molecular weight excluding hydrogens is 276 g/mol. The number of hydrogen-bond donors (Lipinski definition) is 0. The zero-order valence-corrected chi connectivity index (χ0v) is 13.7. The molecule has 0 aliphatic heterocycles. The van der Waals surface area contributed by atoms with E-state index < -0.39 is 16.1 Å². The van der Waals surface area contributed by atoms with Crippen molar-refractivity contribution in [3.63, 3.8) is 0 Å². The monoisotopic (exact) mass is 298 g/mol. The molecule has 20 heavy (non-hydrogen) atoms. The summed E-state index contributed by atoms with van der Waals surface area (Å²) in [5.41, 5.74) is 2.43. The second-order valence-electron chi connectivity index (χ2n) is 5.31. The molecule has 1 amide bonds. The largest absolute Gasteiger partial charge is 0.347 e. The Kier molecular flexibility index (Phi) is 4.81. The van der Waals surface area contributed by atoms with Gasteiger partial charge in [-0.05, 0) is 44.0 Å². The standard InChI is InChI=1S/C14H22N2O3S/c1-10-7-11(2)9-13(8-10)16(20(6,18)19)12(3)14(17)15(4)5/h7-9,12H,1-6H3/t12-/m1/s1. The molecule has 1 aromatic rings. The van der Waals surface area contributed by atoms with Crippen LogP contribution < -0.4 is 4.31 Å². The minimum atomic E-state index is -3.54. The summed E-state index contributed by atoms with van der Waals surface area (Å²) in [5.74, 6) is -0.255. The van der Waals surface area contributed by atoms with E-state index in [1.165, 1.54) is 9.21 Å². The van der Waals surface area contributed by atoms with Crippen molar-refractivity contribution in [2.75, 3.05) is 24.7 Å². The lowest BCUT2D eigenvalue weighted by Gasteiger charge is -2.30. The van der Waals surface area contributed by atoms with Crippen molar-refractivity contribution in [2.45, 2.75) is 26.8 Å². The summed E-state index contributed by atoms with van der Waals surface area (Å²) in [4.78, 5) is 13.5. The van der Waals surface area contributed by atoms with Gasteiger partial charge in [-0.15, -0.1) is 0 Å². The molecular formula is C14H22N2O3S. The number of sulfonamides is 1. The van der Waals surface area contributed by atoms with Crippen molar-refractivity contribution < 1.29 is 13.2 Å². The molecule has 0 saturated heterocycles. The summed E-state index contributed by atoms with van der Waals surface area (Å²) in [6.45, 7) is 5.39. The van der Waals surface area contributed by atoms with E-state index in [0.29, 0.717) is 5.69 Å². The molecule has 0 spiro atoms. The van der Waals surface area contributed by atoms with Crippen LogP contribution in [0.4, 0.5) is 5.69 Å². The second kappa shape index (κ2) is 5.83. The van der Waals surface area contributed by atoms with Gasteiger partial charge in [-0.2, -0.15) is 0 Å². The topological polar surface area (TPSA) is 57.7 Å². The normalized spacial score (nSPS) is 12.9. The highest BCUT2D eigenvalue weighted by molar-refractivity contribution is 7.92. The fourth-order valence-electron chi connectivity index (χ4n) is 2.25. The predicted molar refractivity (Wildman–Crippen MR) is 81.4 cm³/mol. The van der Waals surface area contributed by atoms with Crippen molar-refractivity contribution in [3.8, 4) is 0 Å². The summed E-state index contributed by atoms with van der Waals surface area (Å²) in [7, 11) is -0.320. The second-order valence-corrected chi connectivity index (χ2v) is 7.17. The third-order valence-corrected chi connectivity index (χ3v) is 4.21. The quantitative estimate of drug-likeness (QED) is 0.847. The minimum Gasteiger partial charge on any atom is -0.347 e. The number of anilines is 1. The van der Waals surface area contributed by atoms with Crippen LogP contribution in [0.1, 0.15) is 18.1 Å². The smallest absolute Gasteiger partial charge is 0.245 e. The average Bonchev–Trinajstić information content (AvgIpc) is 2.24. The molecule has 0 saturated carbocycles. The first-order valence-corrected chi connectivity index (χ1v) is 8.17. The van der Waals surface area contributed by atoms with Crippen molar-refractivity contribution in [2.24, 2.45) is 0 Å². The number of carbonyl (C=O) groups is 1. The zero-order chi connectivity index (χ0) is 15.7. The van der Waals surface area contributed by atoms with Crippen molar-refractivity contribution in [1.29, 1.82) is 0 Å². The lowest BCUT2D eigenvalue weighted by molar-refractivity contribution is -0.129. The van der Waals surface area contributed by atoms with Gasteiger partial charge in [0.15, 0.2) is 0 Å². The Morgan fingerprint density at radius 3 is 1.90 bits per heavy atom. The molecule has 5 nitrogen and oxygen atoms in total. The minimum absolute atomic E-state index is 0.255. The van der Waals surface area contributed by atoms with E-state index in [9.17, 15) is 13.2 Å². The molecule has 0 aliphatic carbocycles. The highest BCUT2D eigenvalue weighted by Crippen LogP contribution is 2.24. The Bertz CT molecular complexity index is 589. The number of rotatable bonds is 4. The SMILES string of the molecule is Cc1cc(C)cc(N([C@H](C)C(=O)N(C)C)S(C)(=O)=O)c1. The Hall–Kier alpha value is -1.56. The summed E-state index contributed by atoms with van der Waals surface area (Å²) in [6, 6.07) is 4.73. The molecule has 1 rings (SSSR count). The maximum absolute atomic E-state index is 12.1. The maximum Gasteiger partial charge on any atom is 0.245 e. The first-order chi connectivity index (χ1) is 9.04. The van der Waals surface area contributed by atoms with Crippen LogP contribution in [0.2, 0.25) is 0 Å². The molecule has 0 radical (unpaired) electrons. The Morgan fingerprint density at radius 2 is 1.55 bits per heavy atom. The fraction of sp³-hybridized carbons (Fsp3) is 0.500. The predicted octanol–water partition coefficient (Wildman–Crippen LogP) is 1.55. The van der Waals surface area contributed by atoms with Gasteiger partial charge in [0.05, 0.1) is 11.9 Å². The third kappa shape index (κ3) is 3.72. The van der Waals surface area contributed by atoms with E-state index in [-0.39, 0.29) is 5.91 Å². The third-order valence-electron chi connectivity index (χ3n) is 2.97. The number of carbonyl (C=O) groups excluding carboxylic acids is 1. The van der Waals surface area contributed by atoms with Crippen LogP contribution in [0.3, 0.4) is 0 Å². The van der Waals surface area contributed by atoms with E-state index >= 15 is 0 Å². The van der Waals surface area contributed by atoms with Gasteiger partial charge in [0.1, 0.15) is 6.04 Å². The number of likely N-dealkylation sites (N-methyl/N-ethyl adjacent to an activating group) is 1. The molecule has 0 fully saturated rings. The van der Waals surface area contributed by atoms with E-state index in [4.69, 9.17) is 0 Å². The van der Waals surface area contributed by atoms with E-state index in [2.05, 4.69) is 0 Å². The Balaban J connectivity index is 3.37. The van der Waals surface area contributed by atoms with E-state index in [0.717, 1.165) is 17.4 Å². The van der Waals surface area contributed by atoms with Gasteiger partial charge in [0, 0.05) is 14.1 Å². The highest BCUT2D eigenvalue weighted by atomic mass is 32.2. The number of nitrogens with zero attached hydrogens (tertiary/aromatic N) is 2. The Labute approximate surface area is 121 Å². The zero-order valence-electron chi connectivity index (χ0n) is 12.8. The molecule has 1 aromatic carbocycles. The number of hydrogen-bond acceptors (Lipinski definition) is 3. The molecule has 0 bridgehead atoms. The molecule has 0 heterocycles. The lowest BCUT2D eigenvalue weighted by Crippen LogP contribution is -2.47. The van der Waals surface area contributed by atoms with Gasteiger partial charge in [-0.1, -0.05) is 6.07 Å². The molecule has 1 atom stereocenters. The fourth-order valence-corrected chi connectivity index (χ4v) is 3.41. The first-order valence-electron chi connectivity index (χ1n) is 6.33. The van der Waals surface area contributed by atoms with Crippen LogP contribution in [0.15, 0.2) is 18.2 Å². The maximum atomic E-state index is 12.1. The Morgan fingerprint density at radius 1 is 1.10 bits per heavy atom. The summed E-state index contributed by atoms with van der Waals surface area (Å²) in [6.07, 6.45) is 1.12. The highest BCUT2D eigenvalue weighted by Gasteiger charge is 2.30. The van der Waals surface area contributed by atoms with E-state index in [1.54, 1.807) is 33.2 Å². The lowest BCUT2D eigenvalue weighted by atomic mass is 10.1. The van der Waals surface area contributed by atoms with Gasteiger partial charge >= 0.3 is 0 Å². The van der Waals surface area contributed by atoms with Gasteiger partial charge < -0.3 is 4.90 Å². The van der Waals surface area contributed by atoms with Gasteiger partial charge in [-0.3, -0.25) is 9.10 Å². The van der Waals surface area contributed by atoms with Crippen molar-refractivity contribution in [1.82, 2.24) is 4.90 Å². The van der Waals surface area contributed by atoms with Crippen LogP contribution in [0.5, 0.6) is 0 Å². The molecule has 112 valence electrons. The molecule has 0 N–H and O–H groups in total. The summed E-state index contributed by atoms with van der Waals surface area (Å²) >= 11 is 0. The molecule has 0 aromatic heterocycles. The van der Waals surface area contributed by atoms with Crippen LogP contribution in [-0.2, 0) is 14.8 Å². The first kappa shape index (κ1) is 16.5. The summed E-state index contributed by atoms with van der Waals surface area (Å²) in [5, 5.41) is 0. The van der Waals surface area contributed by atoms with Gasteiger partial charge in [0.2, 0.25) is 15.9 Å². The van der Waals surface area contributed by atoms with Gasteiger partial charge in [-0.25, -0.2) is 8.42 Å². The van der Waals surface area contributed by atoms with Crippen LogP contribution in [0.25, 0.3) is 0 Å². The average molecular weight is 298 g/mol. The van der Waals surface area contributed by atoms with Gasteiger partial charge in [0.25, 0.3) is 0 Å². The van der Waals surface area contributed by atoms with Crippen LogP contribution in [0, 0.1) is 13.8 Å². The van der Waals surface area contributed by atoms with Crippen molar-refractivity contribution >= 4 is 21.6 Å². The molecule has 0 aliphatic rings. The van der Waals surface area contributed by atoms with Crippen LogP contribution in [-0.4, -0.2) is 45.6 Å². The number of amides is 1. The summed E-state index contributed by atoms with van der Waals surface area (Å²) < 4.78 is 25.3. The molecule has 0 unspecified atom stereocenters. The van der Waals surface area contributed by atoms with E-state index in [1.807, 2.05) is 19.9 Å². The number of aryl methyl sites for hydroxylation is 2. The van der Waals surface area contributed by atoms with Crippen LogP contribution >= 0.6 is 0 Å².